The lowest BCUT2D eigenvalue weighted by Crippen LogP contribution is -2.60. The smallest absolute Gasteiger partial charge is 0.168 e. The highest BCUT2D eigenvalue weighted by Crippen LogP contribution is 2.66. The van der Waals surface area contributed by atoms with Crippen LogP contribution in [0, 0.1) is 22.7 Å². The monoisotopic (exact) mass is 266 g/mol. The summed E-state index contributed by atoms with van der Waals surface area (Å²) in [4.78, 5) is 0. The highest BCUT2D eigenvalue weighted by Gasteiger charge is 2.70. The predicted molar refractivity (Wildman–Crippen MR) is 68.0 cm³/mol. The predicted octanol–water partition coefficient (Wildman–Crippen LogP) is 1.42. The maximum atomic E-state index is 10.7. The molecule has 0 unspecified atom stereocenters. The third-order valence-corrected chi connectivity index (χ3v) is 6.12. The molecule has 0 bridgehead atoms. The van der Waals surface area contributed by atoms with E-state index in [2.05, 4.69) is 19.9 Å². The Balaban J connectivity index is 1.90. The van der Waals surface area contributed by atoms with Gasteiger partial charge in [-0.25, -0.2) is 0 Å². The van der Waals surface area contributed by atoms with Crippen LogP contribution in [0.1, 0.15) is 33.1 Å². The van der Waals surface area contributed by atoms with E-state index in [9.17, 15) is 10.2 Å². The van der Waals surface area contributed by atoms with E-state index in [1.165, 1.54) is 5.57 Å². The standard InChI is InChI=1S/C15H22O4/c1-14(2)6-5-10(16)15-9(14)4-3-8-7-18-12(11(8)15)19-13(15)17/h3,9-13,16-17H,4-7H2,1-2H3/t9-,10-,11+,12+,13+,15+/m0/s1. The number of allylic oxidation sites excluding steroid dienone is 1. The molecule has 19 heavy (non-hydrogen) atoms. The molecule has 106 valence electrons. The van der Waals surface area contributed by atoms with E-state index < -0.39 is 17.8 Å². The largest absolute Gasteiger partial charge is 0.392 e. The van der Waals surface area contributed by atoms with Crippen LogP contribution in [0.15, 0.2) is 11.6 Å². The summed E-state index contributed by atoms with van der Waals surface area (Å²) in [6, 6.07) is 0. The summed E-state index contributed by atoms with van der Waals surface area (Å²) in [5, 5.41) is 21.3. The van der Waals surface area contributed by atoms with Gasteiger partial charge >= 0.3 is 0 Å². The zero-order chi connectivity index (χ0) is 13.4. The number of hydrogen-bond acceptors (Lipinski definition) is 4. The van der Waals surface area contributed by atoms with Crippen molar-refractivity contribution in [2.45, 2.75) is 51.8 Å². The molecule has 2 heterocycles. The second kappa shape index (κ2) is 3.61. The van der Waals surface area contributed by atoms with Gasteiger partial charge in [0.25, 0.3) is 0 Å². The van der Waals surface area contributed by atoms with Gasteiger partial charge in [-0.15, -0.1) is 0 Å². The molecule has 0 amide bonds. The molecule has 3 fully saturated rings. The molecule has 4 heteroatoms. The zero-order valence-corrected chi connectivity index (χ0v) is 11.5. The van der Waals surface area contributed by atoms with Crippen molar-refractivity contribution in [2.24, 2.45) is 22.7 Å². The van der Waals surface area contributed by atoms with Gasteiger partial charge in [-0.2, -0.15) is 0 Å². The fourth-order valence-corrected chi connectivity index (χ4v) is 5.19. The molecule has 0 radical (unpaired) electrons. The lowest BCUT2D eigenvalue weighted by atomic mass is 9.47. The van der Waals surface area contributed by atoms with Crippen LogP contribution in [0.2, 0.25) is 0 Å². The van der Waals surface area contributed by atoms with Gasteiger partial charge in [0.15, 0.2) is 12.6 Å². The van der Waals surface area contributed by atoms with Crippen molar-refractivity contribution in [1.82, 2.24) is 0 Å². The molecule has 1 spiro atoms. The maximum absolute atomic E-state index is 10.7. The molecule has 0 aromatic carbocycles. The highest BCUT2D eigenvalue weighted by atomic mass is 16.7. The molecular formula is C15H22O4. The quantitative estimate of drug-likeness (QED) is 0.651. The molecule has 0 aromatic heterocycles. The van der Waals surface area contributed by atoms with Crippen LogP contribution in [0.5, 0.6) is 0 Å². The normalized spacial score (nSPS) is 54.5. The lowest BCUT2D eigenvalue weighted by molar-refractivity contribution is -0.238. The average Bonchev–Trinajstić information content (AvgIpc) is 2.89. The topological polar surface area (TPSA) is 58.9 Å². The minimum absolute atomic E-state index is 0.0378. The summed E-state index contributed by atoms with van der Waals surface area (Å²) in [6.07, 6.45) is 3.12. The van der Waals surface area contributed by atoms with Crippen molar-refractivity contribution in [3.8, 4) is 0 Å². The second-order valence-corrected chi connectivity index (χ2v) is 7.26. The SMILES string of the molecule is CC1(C)CC[C@H](O)[C@]23[C@H](O)O[C@H]4OCC(=CC[C@@H]12)[C@H]43. The molecule has 2 saturated heterocycles. The van der Waals surface area contributed by atoms with Gasteiger partial charge in [0, 0.05) is 5.92 Å². The summed E-state index contributed by atoms with van der Waals surface area (Å²) in [6.45, 7) is 5.09. The fraction of sp³-hybridized carbons (Fsp3) is 0.867. The van der Waals surface area contributed by atoms with E-state index >= 15 is 0 Å². The molecule has 4 nitrogen and oxygen atoms in total. The van der Waals surface area contributed by atoms with Crippen LogP contribution in [0.25, 0.3) is 0 Å². The number of rotatable bonds is 0. The van der Waals surface area contributed by atoms with Gasteiger partial charge in [0.1, 0.15) is 0 Å². The summed E-state index contributed by atoms with van der Waals surface area (Å²) < 4.78 is 11.3. The van der Waals surface area contributed by atoms with Gasteiger partial charge in [-0.3, -0.25) is 0 Å². The molecule has 2 N–H and O–H groups in total. The van der Waals surface area contributed by atoms with Gasteiger partial charge < -0.3 is 19.7 Å². The fourth-order valence-electron chi connectivity index (χ4n) is 5.19. The Morgan fingerprint density at radius 2 is 2.11 bits per heavy atom. The molecule has 4 aliphatic rings. The van der Waals surface area contributed by atoms with Crippen molar-refractivity contribution in [2.75, 3.05) is 6.61 Å². The highest BCUT2D eigenvalue weighted by molar-refractivity contribution is 5.28. The summed E-state index contributed by atoms with van der Waals surface area (Å²) in [5.41, 5.74) is 0.769. The van der Waals surface area contributed by atoms with Crippen LogP contribution < -0.4 is 0 Å². The number of ether oxygens (including phenoxy) is 2. The van der Waals surface area contributed by atoms with Crippen LogP contribution >= 0.6 is 0 Å². The third kappa shape index (κ3) is 1.29. The average molecular weight is 266 g/mol. The van der Waals surface area contributed by atoms with E-state index in [-0.39, 0.29) is 23.5 Å². The summed E-state index contributed by atoms with van der Waals surface area (Å²) in [7, 11) is 0. The first kappa shape index (κ1) is 12.3. The first-order valence-electron chi connectivity index (χ1n) is 7.30. The summed E-state index contributed by atoms with van der Waals surface area (Å²) in [5.74, 6) is 0.287. The molecule has 6 atom stereocenters. The van der Waals surface area contributed by atoms with Gasteiger partial charge in [0.2, 0.25) is 0 Å². The van der Waals surface area contributed by atoms with Gasteiger partial charge in [-0.1, -0.05) is 19.9 Å². The van der Waals surface area contributed by atoms with E-state index in [1.54, 1.807) is 0 Å². The Kier molecular flexibility index (Phi) is 2.34. The molecular weight excluding hydrogens is 244 g/mol. The Morgan fingerprint density at radius 3 is 2.89 bits per heavy atom. The Hall–Kier alpha value is -0.420. The first-order chi connectivity index (χ1) is 8.98. The first-order valence-corrected chi connectivity index (χ1v) is 7.30. The van der Waals surface area contributed by atoms with Crippen LogP contribution in [-0.2, 0) is 9.47 Å². The third-order valence-electron chi connectivity index (χ3n) is 6.12. The van der Waals surface area contributed by atoms with Crippen molar-refractivity contribution >= 4 is 0 Å². The minimum Gasteiger partial charge on any atom is -0.392 e. The molecule has 1 saturated carbocycles. The van der Waals surface area contributed by atoms with Crippen LogP contribution in [0.4, 0.5) is 0 Å². The van der Waals surface area contributed by atoms with Crippen molar-refractivity contribution in [3.63, 3.8) is 0 Å². The number of aliphatic hydroxyl groups is 2. The van der Waals surface area contributed by atoms with Crippen molar-refractivity contribution in [1.29, 1.82) is 0 Å². The van der Waals surface area contributed by atoms with Crippen LogP contribution in [-0.4, -0.2) is 35.5 Å². The Labute approximate surface area is 113 Å². The van der Waals surface area contributed by atoms with E-state index in [0.29, 0.717) is 6.61 Å². The van der Waals surface area contributed by atoms with Crippen molar-refractivity contribution in [3.05, 3.63) is 11.6 Å². The maximum Gasteiger partial charge on any atom is 0.168 e. The zero-order valence-electron chi connectivity index (χ0n) is 11.5. The summed E-state index contributed by atoms with van der Waals surface area (Å²) >= 11 is 0. The lowest BCUT2D eigenvalue weighted by Gasteiger charge is -2.57. The molecule has 0 aromatic rings. The van der Waals surface area contributed by atoms with E-state index in [0.717, 1.165) is 19.3 Å². The molecule has 2 aliphatic carbocycles. The second-order valence-electron chi connectivity index (χ2n) is 7.26. The van der Waals surface area contributed by atoms with E-state index in [4.69, 9.17) is 9.47 Å². The Morgan fingerprint density at radius 1 is 1.32 bits per heavy atom. The molecule has 2 aliphatic heterocycles. The minimum atomic E-state index is -0.911. The van der Waals surface area contributed by atoms with Crippen molar-refractivity contribution < 1.29 is 19.7 Å². The van der Waals surface area contributed by atoms with Gasteiger partial charge in [-0.05, 0) is 36.2 Å². The number of aliphatic hydroxyl groups excluding tert-OH is 2. The number of hydrogen-bond donors (Lipinski definition) is 2. The Bertz CT molecular complexity index is 437. The van der Waals surface area contributed by atoms with Gasteiger partial charge in [0.05, 0.1) is 18.1 Å². The van der Waals surface area contributed by atoms with Crippen LogP contribution in [0.3, 0.4) is 0 Å². The van der Waals surface area contributed by atoms with E-state index in [1.807, 2.05) is 0 Å². The molecule has 4 rings (SSSR count).